The Morgan fingerprint density at radius 1 is 1.06 bits per heavy atom. The number of nitrogens with one attached hydrogen (secondary N) is 2. The maximum Gasteiger partial charge on any atom is 0.260 e. The molecule has 0 saturated carbocycles. The van der Waals surface area contributed by atoms with Gasteiger partial charge in [-0.15, -0.1) is 0 Å². The number of nitrogens with zero attached hydrogens (tertiary/aromatic N) is 1. The van der Waals surface area contributed by atoms with Crippen molar-refractivity contribution in [2.24, 2.45) is 5.92 Å². The molecule has 7 nitrogen and oxygen atoms in total. The molecule has 0 bridgehead atoms. The van der Waals surface area contributed by atoms with Crippen molar-refractivity contribution in [3.05, 3.63) is 46.4 Å². The average molecular weight is 532 g/mol. The van der Waals surface area contributed by atoms with Gasteiger partial charge in [-0.25, -0.2) is 0 Å². The molecule has 0 aliphatic carbocycles. The highest BCUT2D eigenvalue weighted by molar-refractivity contribution is 9.10. The fourth-order valence-electron chi connectivity index (χ4n) is 3.69. The lowest BCUT2D eigenvalue weighted by atomic mass is 10.1. The van der Waals surface area contributed by atoms with E-state index >= 15 is 0 Å². The SMILES string of the molecule is CCOc1cc(CNc2cccc(NC(=O)C(C)C)c2)cc(Br)c1OCC(=O)N1CCCCC1. The number of anilines is 2. The van der Waals surface area contributed by atoms with Gasteiger partial charge >= 0.3 is 0 Å². The quantitative estimate of drug-likeness (QED) is 0.426. The summed E-state index contributed by atoms with van der Waals surface area (Å²) >= 11 is 3.59. The number of carbonyl (C=O) groups is 2. The number of amides is 2. The van der Waals surface area contributed by atoms with E-state index in [1.165, 1.54) is 6.42 Å². The van der Waals surface area contributed by atoms with E-state index in [2.05, 4.69) is 26.6 Å². The zero-order valence-corrected chi connectivity index (χ0v) is 21.7. The molecule has 2 amide bonds. The molecule has 2 N–H and O–H groups in total. The van der Waals surface area contributed by atoms with Crippen LogP contribution >= 0.6 is 15.9 Å². The molecule has 2 aromatic carbocycles. The topological polar surface area (TPSA) is 79.9 Å². The van der Waals surface area contributed by atoms with Crippen molar-refractivity contribution in [3.8, 4) is 11.5 Å². The molecule has 1 saturated heterocycles. The van der Waals surface area contributed by atoms with Crippen molar-refractivity contribution in [1.82, 2.24) is 4.90 Å². The molecule has 184 valence electrons. The van der Waals surface area contributed by atoms with Gasteiger partial charge in [-0.1, -0.05) is 19.9 Å². The summed E-state index contributed by atoms with van der Waals surface area (Å²) in [7, 11) is 0. The number of benzene rings is 2. The van der Waals surface area contributed by atoms with E-state index in [1.54, 1.807) is 0 Å². The zero-order chi connectivity index (χ0) is 24.5. The molecule has 3 rings (SSSR count). The summed E-state index contributed by atoms with van der Waals surface area (Å²) in [5, 5.41) is 6.30. The molecule has 1 fully saturated rings. The Morgan fingerprint density at radius 3 is 2.50 bits per heavy atom. The summed E-state index contributed by atoms with van der Waals surface area (Å²) in [6, 6.07) is 11.5. The third kappa shape index (κ3) is 7.38. The molecule has 2 aromatic rings. The molecule has 0 aromatic heterocycles. The van der Waals surface area contributed by atoms with Gasteiger partial charge in [0.15, 0.2) is 18.1 Å². The Labute approximate surface area is 210 Å². The highest BCUT2D eigenvalue weighted by Gasteiger charge is 2.19. The second-order valence-electron chi connectivity index (χ2n) is 8.65. The summed E-state index contributed by atoms with van der Waals surface area (Å²) in [4.78, 5) is 26.4. The number of carbonyl (C=O) groups excluding carboxylic acids is 2. The monoisotopic (exact) mass is 531 g/mol. The Bertz CT molecular complexity index is 990. The van der Waals surface area contributed by atoms with Crippen LogP contribution in [0.2, 0.25) is 0 Å². The van der Waals surface area contributed by atoms with E-state index in [0.717, 1.165) is 47.3 Å². The van der Waals surface area contributed by atoms with Gasteiger partial charge in [0.25, 0.3) is 5.91 Å². The van der Waals surface area contributed by atoms with Crippen molar-refractivity contribution in [2.45, 2.75) is 46.6 Å². The predicted molar refractivity (Wildman–Crippen MR) is 138 cm³/mol. The molecular weight excluding hydrogens is 498 g/mol. The van der Waals surface area contributed by atoms with E-state index in [9.17, 15) is 9.59 Å². The van der Waals surface area contributed by atoms with Crippen LogP contribution < -0.4 is 20.1 Å². The lowest BCUT2D eigenvalue weighted by Gasteiger charge is -2.26. The Hall–Kier alpha value is -2.74. The third-order valence-corrected chi connectivity index (χ3v) is 6.16. The summed E-state index contributed by atoms with van der Waals surface area (Å²) in [6.07, 6.45) is 3.28. The van der Waals surface area contributed by atoms with Crippen molar-refractivity contribution in [2.75, 3.05) is 36.9 Å². The standard InChI is InChI=1S/C26H34BrN3O4/c1-4-33-23-14-19(16-28-20-9-8-10-21(15-20)29-26(32)18(2)3)13-22(27)25(23)34-17-24(31)30-11-6-5-7-12-30/h8-10,13-15,18,28H,4-7,11-12,16-17H2,1-3H3,(H,29,32). The molecule has 8 heteroatoms. The molecule has 1 heterocycles. The minimum absolute atomic E-state index is 0.00392. The number of rotatable bonds is 10. The highest BCUT2D eigenvalue weighted by Crippen LogP contribution is 2.37. The van der Waals surface area contributed by atoms with Crippen LogP contribution in [0.4, 0.5) is 11.4 Å². The fourth-order valence-corrected chi connectivity index (χ4v) is 4.30. The number of halogens is 1. The zero-order valence-electron chi connectivity index (χ0n) is 20.2. The highest BCUT2D eigenvalue weighted by atomic mass is 79.9. The lowest BCUT2D eigenvalue weighted by molar-refractivity contribution is -0.134. The second kappa shape index (κ2) is 12.6. The van der Waals surface area contributed by atoms with Crippen molar-refractivity contribution < 1.29 is 19.1 Å². The van der Waals surface area contributed by atoms with Gasteiger partial charge in [0.1, 0.15) is 0 Å². The van der Waals surface area contributed by atoms with Crippen LogP contribution in [0.1, 0.15) is 45.6 Å². The lowest BCUT2D eigenvalue weighted by Crippen LogP contribution is -2.38. The molecule has 1 aliphatic rings. The molecule has 1 aliphatic heterocycles. The minimum Gasteiger partial charge on any atom is -0.490 e. The minimum atomic E-state index is -0.0816. The fraction of sp³-hybridized carbons (Fsp3) is 0.462. The smallest absolute Gasteiger partial charge is 0.260 e. The van der Waals surface area contributed by atoms with E-state index in [4.69, 9.17) is 9.47 Å². The van der Waals surface area contributed by atoms with Crippen LogP contribution in [0, 0.1) is 5.92 Å². The van der Waals surface area contributed by atoms with E-state index in [-0.39, 0.29) is 24.3 Å². The van der Waals surface area contributed by atoms with Crippen LogP contribution in [0.3, 0.4) is 0 Å². The van der Waals surface area contributed by atoms with Gasteiger partial charge in [0.05, 0.1) is 11.1 Å². The van der Waals surface area contributed by atoms with Crippen LogP contribution in [0.5, 0.6) is 11.5 Å². The van der Waals surface area contributed by atoms with Crippen molar-refractivity contribution >= 4 is 39.1 Å². The molecule has 0 atom stereocenters. The summed E-state index contributed by atoms with van der Waals surface area (Å²) in [5.41, 5.74) is 2.63. The molecule has 0 radical (unpaired) electrons. The van der Waals surface area contributed by atoms with E-state index in [1.807, 2.05) is 62.1 Å². The molecule has 34 heavy (non-hydrogen) atoms. The molecule has 0 spiro atoms. The number of piperidine rings is 1. The van der Waals surface area contributed by atoms with Crippen LogP contribution in [-0.4, -0.2) is 43.0 Å². The predicted octanol–water partition coefficient (Wildman–Crippen LogP) is 5.45. The van der Waals surface area contributed by atoms with E-state index < -0.39 is 0 Å². The Morgan fingerprint density at radius 2 is 1.79 bits per heavy atom. The van der Waals surface area contributed by atoms with Crippen molar-refractivity contribution in [3.63, 3.8) is 0 Å². The number of hydrogen-bond acceptors (Lipinski definition) is 5. The Kier molecular flexibility index (Phi) is 9.62. The van der Waals surface area contributed by atoms with Crippen molar-refractivity contribution in [1.29, 1.82) is 0 Å². The maximum atomic E-state index is 12.5. The number of likely N-dealkylation sites (tertiary alicyclic amines) is 1. The molecular formula is C26H34BrN3O4. The second-order valence-corrected chi connectivity index (χ2v) is 9.50. The average Bonchev–Trinajstić information content (AvgIpc) is 2.83. The van der Waals surface area contributed by atoms with Gasteiger partial charge in [0, 0.05) is 36.9 Å². The van der Waals surface area contributed by atoms with E-state index in [0.29, 0.717) is 24.7 Å². The first kappa shape index (κ1) is 25.9. The largest absolute Gasteiger partial charge is 0.490 e. The third-order valence-electron chi connectivity index (χ3n) is 5.57. The first-order chi connectivity index (χ1) is 16.4. The normalized spacial score (nSPS) is 13.5. The van der Waals surface area contributed by atoms with Gasteiger partial charge in [0.2, 0.25) is 5.91 Å². The van der Waals surface area contributed by atoms with Crippen LogP contribution in [-0.2, 0) is 16.1 Å². The van der Waals surface area contributed by atoms with Crippen LogP contribution in [0.15, 0.2) is 40.9 Å². The Balaban J connectivity index is 1.65. The maximum absolute atomic E-state index is 12.5. The van der Waals surface area contributed by atoms with Crippen LogP contribution in [0.25, 0.3) is 0 Å². The summed E-state index contributed by atoms with van der Waals surface area (Å²) in [5.74, 6) is 1.04. The first-order valence-corrected chi connectivity index (χ1v) is 12.7. The number of ether oxygens (including phenoxy) is 2. The van der Waals surface area contributed by atoms with Gasteiger partial charge < -0.3 is 25.0 Å². The summed E-state index contributed by atoms with van der Waals surface area (Å²) < 4.78 is 12.5. The molecule has 0 unspecified atom stereocenters. The van der Waals surface area contributed by atoms with Gasteiger partial charge in [-0.05, 0) is 78.0 Å². The number of hydrogen-bond donors (Lipinski definition) is 2. The van der Waals surface area contributed by atoms with Gasteiger partial charge in [-0.3, -0.25) is 9.59 Å². The van der Waals surface area contributed by atoms with Gasteiger partial charge in [-0.2, -0.15) is 0 Å². The first-order valence-electron chi connectivity index (χ1n) is 11.9. The summed E-state index contributed by atoms with van der Waals surface area (Å²) in [6.45, 7) is 8.27.